The standard InChI is InChI=1S/C21H38ClN5O5S/c1-13(2)17(27-15(28)9-5-6-10-24-16(29)12-22)19(31)26-14(18(30)21(3,4)33)8-7-11-25-20(23)32/h13-14,17,33H,5-12H2,1-4H3,(H,24,29)(H,26,31)(H,27,28)(H3,23,25,32)/t14-,17-/m0/s1. The van der Waals surface area contributed by atoms with Gasteiger partial charge in [-0.1, -0.05) is 13.8 Å². The number of carbonyl (C=O) groups excluding carboxylic acids is 5. The zero-order valence-corrected chi connectivity index (χ0v) is 21.5. The molecule has 0 unspecified atom stereocenters. The first-order valence-electron chi connectivity index (χ1n) is 11.0. The molecule has 0 saturated heterocycles. The minimum Gasteiger partial charge on any atom is -0.355 e. The number of nitrogens with one attached hydrogen (secondary N) is 4. The molecular formula is C21H38ClN5O5S. The number of Topliss-reactive ketones (excluding diaryl/α,β-unsaturated/α-hetero) is 1. The molecule has 0 saturated carbocycles. The zero-order valence-electron chi connectivity index (χ0n) is 19.8. The molecule has 2 atom stereocenters. The highest BCUT2D eigenvalue weighted by Gasteiger charge is 2.33. The maximum Gasteiger partial charge on any atom is 0.312 e. The molecule has 12 heteroatoms. The highest BCUT2D eigenvalue weighted by atomic mass is 35.5. The van der Waals surface area contributed by atoms with Crippen LogP contribution < -0.4 is 27.0 Å². The number of alkyl halides is 1. The number of rotatable bonds is 16. The fourth-order valence-corrected chi connectivity index (χ4v) is 3.19. The minimum absolute atomic E-state index is 0.110. The van der Waals surface area contributed by atoms with Crippen LogP contribution in [0.25, 0.3) is 0 Å². The normalized spacial score (nSPS) is 13.1. The lowest BCUT2D eigenvalue weighted by molar-refractivity contribution is -0.133. The van der Waals surface area contributed by atoms with Gasteiger partial charge in [0.1, 0.15) is 11.9 Å². The number of urea groups is 1. The minimum atomic E-state index is -0.982. The van der Waals surface area contributed by atoms with E-state index in [1.54, 1.807) is 27.7 Å². The molecule has 0 aromatic heterocycles. The Morgan fingerprint density at radius 1 is 0.939 bits per heavy atom. The van der Waals surface area contributed by atoms with Crippen molar-refractivity contribution in [1.82, 2.24) is 21.3 Å². The van der Waals surface area contributed by atoms with Crippen LogP contribution in [0.3, 0.4) is 0 Å². The summed E-state index contributed by atoms with van der Waals surface area (Å²) in [6.07, 6.45) is 2.02. The number of primary amides is 1. The monoisotopic (exact) mass is 507 g/mol. The summed E-state index contributed by atoms with van der Waals surface area (Å²) in [4.78, 5) is 60.0. The van der Waals surface area contributed by atoms with E-state index in [9.17, 15) is 24.0 Å². The number of halogens is 1. The van der Waals surface area contributed by atoms with E-state index in [2.05, 4.69) is 33.9 Å². The number of amides is 5. The van der Waals surface area contributed by atoms with Crippen molar-refractivity contribution in [2.45, 2.75) is 76.6 Å². The summed E-state index contributed by atoms with van der Waals surface area (Å²) < 4.78 is -0.982. The maximum absolute atomic E-state index is 12.9. The Bertz CT molecular complexity index is 684. The highest BCUT2D eigenvalue weighted by molar-refractivity contribution is 7.82. The van der Waals surface area contributed by atoms with Crippen LogP contribution >= 0.6 is 24.2 Å². The summed E-state index contributed by atoms with van der Waals surface area (Å²) in [5.41, 5.74) is 5.05. The van der Waals surface area contributed by atoms with Gasteiger partial charge in [0.25, 0.3) is 0 Å². The molecule has 5 amide bonds. The Balaban J connectivity index is 4.92. The Kier molecular flexibility index (Phi) is 14.8. The molecular weight excluding hydrogens is 470 g/mol. The van der Waals surface area contributed by atoms with Crippen molar-refractivity contribution < 1.29 is 24.0 Å². The fraction of sp³-hybridized carbons (Fsp3) is 0.762. The molecule has 6 N–H and O–H groups in total. The van der Waals surface area contributed by atoms with E-state index in [0.29, 0.717) is 25.8 Å². The largest absolute Gasteiger partial charge is 0.355 e. The van der Waals surface area contributed by atoms with Crippen LogP contribution in [0.15, 0.2) is 0 Å². The van der Waals surface area contributed by atoms with Crippen LogP contribution in [0.1, 0.15) is 59.8 Å². The number of hydrogen-bond donors (Lipinski definition) is 6. The van der Waals surface area contributed by atoms with Gasteiger partial charge in [0, 0.05) is 19.5 Å². The third-order valence-corrected chi connectivity index (χ3v) is 5.21. The molecule has 10 nitrogen and oxygen atoms in total. The third-order valence-electron chi connectivity index (χ3n) is 4.74. The van der Waals surface area contributed by atoms with Crippen molar-refractivity contribution in [3.05, 3.63) is 0 Å². The topological polar surface area (TPSA) is 159 Å². The molecule has 0 fully saturated rings. The van der Waals surface area contributed by atoms with E-state index in [0.717, 1.165) is 0 Å². The summed E-state index contributed by atoms with van der Waals surface area (Å²) in [5, 5.41) is 10.5. The average molecular weight is 508 g/mol. The van der Waals surface area contributed by atoms with E-state index in [1.165, 1.54) is 0 Å². The molecule has 190 valence electrons. The quantitative estimate of drug-likeness (QED) is 0.104. The van der Waals surface area contributed by atoms with Crippen LogP contribution in [0, 0.1) is 5.92 Å². The van der Waals surface area contributed by atoms with E-state index < -0.39 is 28.8 Å². The Hall–Kier alpha value is -2.01. The molecule has 0 aromatic carbocycles. The van der Waals surface area contributed by atoms with E-state index in [4.69, 9.17) is 17.3 Å². The number of nitrogens with two attached hydrogens (primary N) is 1. The number of thiol groups is 1. The molecule has 0 heterocycles. The Morgan fingerprint density at radius 3 is 2.06 bits per heavy atom. The van der Waals surface area contributed by atoms with Crippen LogP contribution in [-0.4, -0.2) is 65.3 Å². The van der Waals surface area contributed by atoms with Gasteiger partial charge in [0.2, 0.25) is 17.7 Å². The smallest absolute Gasteiger partial charge is 0.312 e. The molecule has 0 aliphatic heterocycles. The number of hydrogen-bond acceptors (Lipinski definition) is 6. The zero-order chi connectivity index (χ0) is 25.6. The molecule has 0 aliphatic carbocycles. The molecule has 0 aliphatic rings. The summed E-state index contributed by atoms with van der Waals surface area (Å²) in [5.74, 6) is -1.63. The van der Waals surface area contributed by atoms with Crippen molar-refractivity contribution in [2.75, 3.05) is 19.0 Å². The van der Waals surface area contributed by atoms with Crippen LogP contribution in [-0.2, 0) is 19.2 Å². The second kappa shape index (κ2) is 15.8. The second-order valence-corrected chi connectivity index (χ2v) is 10.0. The first-order valence-corrected chi connectivity index (χ1v) is 12.0. The lowest BCUT2D eigenvalue weighted by atomic mass is 9.95. The van der Waals surface area contributed by atoms with Crippen molar-refractivity contribution in [3.8, 4) is 0 Å². The predicted molar refractivity (Wildman–Crippen MR) is 131 cm³/mol. The van der Waals surface area contributed by atoms with Gasteiger partial charge >= 0.3 is 6.03 Å². The lowest BCUT2D eigenvalue weighted by Crippen LogP contribution is -2.55. The van der Waals surface area contributed by atoms with E-state index in [-0.39, 0.29) is 48.8 Å². The van der Waals surface area contributed by atoms with Crippen LogP contribution in [0.2, 0.25) is 0 Å². The van der Waals surface area contributed by atoms with Crippen molar-refractivity contribution in [1.29, 1.82) is 0 Å². The number of carbonyl (C=O) groups is 5. The van der Waals surface area contributed by atoms with E-state index in [1.807, 2.05) is 0 Å². The van der Waals surface area contributed by atoms with Gasteiger partial charge in [-0.15, -0.1) is 11.6 Å². The Labute approximate surface area is 206 Å². The average Bonchev–Trinajstić information content (AvgIpc) is 2.71. The van der Waals surface area contributed by atoms with E-state index >= 15 is 0 Å². The van der Waals surface area contributed by atoms with Crippen molar-refractivity contribution in [2.24, 2.45) is 11.7 Å². The third kappa shape index (κ3) is 14.0. The highest BCUT2D eigenvalue weighted by Crippen LogP contribution is 2.18. The Morgan fingerprint density at radius 2 is 1.55 bits per heavy atom. The predicted octanol–water partition coefficient (Wildman–Crippen LogP) is 0.863. The summed E-state index contributed by atoms with van der Waals surface area (Å²) in [6.45, 7) is 7.54. The molecule has 0 spiro atoms. The first kappa shape index (κ1) is 31.0. The van der Waals surface area contributed by atoms with Crippen molar-refractivity contribution in [3.63, 3.8) is 0 Å². The molecule has 0 bridgehead atoms. The van der Waals surface area contributed by atoms with Gasteiger partial charge < -0.3 is 27.0 Å². The van der Waals surface area contributed by atoms with Gasteiger partial charge in [-0.05, 0) is 45.4 Å². The second-order valence-electron chi connectivity index (χ2n) is 8.65. The maximum atomic E-state index is 12.9. The van der Waals surface area contributed by atoms with Gasteiger partial charge in [0.15, 0.2) is 5.78 Å². The molecule has 33 heavy (non-hydrogen) atoms. The van der Waals surface area contributed by atoms with Gasteiger partial charge in [-0.3, -0.25) is 19.2 Å². The lowest BCUT2D eigenvalue weighted by Gasteiger charge is -2.28. The van der Waals surface area contributed by atoms with Crippen LogP contribution in [0.5, 0.6) is 0 Å². The van der Waals surface area contributed by atoms with Gasteiger partial charge in [0.05, 0.1) is 10.8 Å². The summed E-state index contributed by atoms with van der Waals surface area (Å²) in [6, 6.07) is -2.32. The molecule has 0 radical (unpaired) electrons. The fourth-order valence-electron chi connectivity index (χ4n) is 2.94. The first-order chi connectivity index (χ1) is 15.3. The van der Waals surface area contributed by atoms with Crippen LogP contribution in [0.4, 0.5) is 4.79 Å². The molecule has 0 aromatic rings. The molecule has 0 rings (SSSR count). The summed E-state index contributed by atoms with van der Waals surface area (Å²) >= 11 is 9.72. The number of ketones is 1. The SMILES string of the molecule is CC(C)[C@H](NC(=O)CCCCNC(=O)CCl)C(=O)N[C@@H](CCCNC(N)=O)C(=O)C(C)(C)S. The van der Waals surface area contributed by atoms with Gasteiger partial charge in [-0.2, -0.15) is 12.6 Å². The number of unbranched alkanes of at least 4 members (excludes halogenated alkanes) is 1. The van der Waals surface area contributed by atoms with Gasteiger partial charge in [-0.25, -0.2) is 4.79 Å². The van der Waals surface area contributed by atoms with Crippen molar-refractivity contribution >= 4 is 53.8 Å². The summed E-state index contributed by atoms with van der Waals surface area (Å²) in [7, 11) is 0.